The number of hydrogen-bond donors (Lipinski definition) is 1. The van der Waals surface area contributed by atoms with Crippen molar-refractivity contribution in [3.63, 3.8) is 0 Å². The largest absolute Gasteiger partial charge is 0.508 e. The Kier molecular flexibility index (Phi) is 4.70. The monoisotopic (exact) mass is 298 g/mol. The van der Waals surface area contributed by atoms with Gasteiger partial charge in [0.2, 0.25) is 0 Å². The Hall–Kier alpha value is -3.06. The van der Waals surface area contributed by atoms with Gasteiger partial charge in [0.25, 0.3) is 0 Å². The molecule has 0 bridgehead atoms. The molecule has 0 spiro atoms. The van der Waals surface area contributed by atoms with Gasteiger partial charge in [0.05, 0.1) is 0 Å². The standard InChI is InChI=1S/C22H18O/c23-22-15-13-19(14-16-22)21-12-6-3-1-2-5-11-20(17-21)18-9-7-4-8-10-18/h1-17,23H. The lowest BCUT2D eigenvalue weighted by molar-refractivity contribution is 0.475. The van der Waals surface area contributed by atoms with Crippen LogP contribution in [0.1, 0.15) is 0 Å². The van der Waals surface area contributed by atoms with Crippen LogP contribution in [0, 0.1) is 0 Å². The summed E-state index contributed by atoms with van der Waals surface area (Å²) < 4.78 is 0. The Morgan fingerprint density at radius 3 is 1.35 bits per heavy atom. The molecule has 0 radical (unpaired) electrons. The minimum absolute atomic E-state index is 0.278. The molecule has 3 rings (SSSR count). The molecule has 0 saturated carbocycles. The maximum Gasteiger partial charge on any atom is 0.115 e. The molecule has 3 aromatic carbocycles. The van der Waals surface area contributed by atoms with E-state index in [0.29, 0.717) is 0 Å². The van der Waals surface area contributed by atoms with E-state index in [1.165, 1.54) is 5.56 Å². The van der Waals surface area contributed by atoms with Crippen molar-refractivity contribution in [3.05, 3.63) is 103 Å². The minimum Gasteiger partial charge on any atom is -0.508 e. The summed E-state index contributed by atoms with van der Waals surface area (Å²) in [6.07, 6.45) is 0. The average molecular weight is 298 g/mol. The van der Waals surface area contributed by atoms with Crippen molar-refractivity contribution >= 4 is 0 Å². The molecule has 0 unspecified atom stereocenters. The first kappa shape index (κ1) is 14.9. The van der Waals surface area contributed by atoms with Gasteiger partial charge in [0, 0.05) is 0 Å². The van der Waals surface area contributed by atoms with Crippen molar-refractivity contribution in [2.75, 3.05) is 0 Å². The summed E-state index contributed by atoms with van der Waals surface area (Å²) in [6.45, 7) is 0. The highest BCUT2D eigenvalue weighted by Gasteiger charge is 1.99. The molecular weight excluding hydrogens is 280 g/mol. The van der Waals surface area contributed by atoms with Crippen molar-refractivity contribution in [3.8, 4) is 28.0 Å². The first-order valence-corrected chi connectivity index (χ1v) is 7.61. The van der Waals surface area contributed by atoms with Crippen molar-refractivity contribution in [1.82, 2.24) is 0 Å². The van der Waals surface area contributed by atoms with Crippen molar-refractivity contribution in [1.29, 1.82) is 0 Å². The summed E-state index contributed by atoms with van der Waals surface area (Å²) in [4.78, 5) is 0. The highest BCUT2D eigenvalue weighted by atomic mass is 16.3. The summed E-state index contributed by atoms with van der Waals surface area (Å²) in [5, 5.41) is 9.50. The Morgan fingerprint density at radius 2 is 0.783 bits per heavy atom. The number of phenols is 1. The average Bonchev–Trinajstić information content (AvgIpc) is 2.60. The molecule has 1 heteroatoms. The van der Waals surface area contributed by atoms with Crippen LogP contribution in [0.2, 0.25) is 0 Å². The maximum atomic E-state index is 9.50. The van der Waals surface area contributed by atoms with Gasteiger partial charge in [0.1, 0.15) is 5.75 Å². The van der Waals surface area contributed by atoms with Crippen LogP contribution in [-0.2, 0) is 0 Å². The Morgan fingerprint density at radius 1 is 0.391 bits per heavy atom. The van der Waals surface area contributed by atoms with Crippen LogP contribution >= 0.6 is 0 Å². The van der Waals surface area contributed by atoms with Gasteiger partial charge in [0.15, 0.2) is 0 Å². The van der Waals surface area contributed by atoms with Crippen LogP contribution in [0.3, 0.4) is 0 Å². The molecule has 0 aromatic heterocycles. The highest BCUT2D eigenvalue weighted by molar-refractivity contribution is 5.71. The summed E-state index contributed by atoms with van der Waals surface area (Å²) in [6, 6.07) is 34.1. The van der Waals surface area contributed by atoms with Crippen LogP contribution < -0.4 is 0 Å². The first-order valence-electron chi connectivity index (χ1n) is 7.61. The predicted octanol–water partition coefficient (Wildman–Crippen LogP) is 5.85. The lowest BCUT2D eigenvalue weighted by Gasteiger charge is -2.04. The molecule has 0 saturated heterocycles. The van der Waals surface area contributed by atoms with Crippen molar-refractivity contribution in [2.45, 2.75) is 0 Å². The van der Waals surface area contributed by atoms with E-state index in [1.807, 2.05) is 60.7 Å². The van der Waals surface area contributed by atoms with E-state index in [0.717, 1.165) is 16.7 Å². The summed E-state index contributed by atoms with van der Waals surface area (Å²) in [7, 11) is 0. The molecule has 1 nitrogen and oxygen atoms in total. The van der Waals surface area contributed by atoms with Crippen LogP contribution in [-0.4, -0.2) is 5.11 Å². The second-order valence-corrected chi connectivity index (χ2v) is 5.26. The Bertz CT molecular complexity index is 819. The maximum absolute atomic E-state index is 9.50. The molecule has 0 aliphatic rings. The quantitative estimate of drug-likeness (QED) is 0.629. The molecular formula is C22H18O. The Balaban J connectivity index is 2.20. The number of aromatic hydroxyl groups is 1. The molecule has 0 atom stereocenters. The van der Waals surface area contributed by atoms with E-state index in [-0.39, 0.29) is 5.75 Å². The zero-order valence-corrected chi connectivity index (χ0v) is 12.8. The van der Waals surface area contributed by atoms with Gasteiger partial charge in [-0.3, -0.25) is 0 Å². The Labute approximate surface area is 136 Å². The first-order chi connectivity index (χ1) is 11.3. The minimum atomic E-state index is 0.278. The fourth-order valence-corrected chi connectivity index (χ4v) is 2.42. The third kappa shape index (κ3) is 3.98. The molecule has 0 amide bonds. The normalized spacial score (nSPS) is 9.91. The van der Waals surface area contributed by atoms with Gasteiger partial charge < -0.3 is 5.11 Å². The topological polar surface area (TPSA) is 20.2 Å². The number of phenolic OH excluding ortho intramolecular Hbond substituents is 1. The molecule has 3 aromatic rings. The third-order valence-electron chi connectivity index (χ3n) is 3.61. The number of benzene rings is 2. The second-order valence-electron chi connectivity index (χ2n) is 5.26. The molecule has 1 N–H and O–H groups in total. The van der Waals surface area contributed by atoms with E-state index in [9.17, 15) is 5.11 Å². The van der Waals surface area contributed by atoms with Crippen LogP contribution in [0.5, 0.6) is 5.75 Å². The van der Waals surface area contributed by atoms with Crippen LogP contribution in [0.4, 0.5) is 0 Å². The van der Waals surface area contributed by atoms with Crippen LogP contribution in [0.25, 0.3) is 22.3 Å². The third-order valence-corrected chi connectivity index (χ3v) is 3.61. The zero-order valence-electron chi connectivity index (χ0n) is 12.8. The van der Waals surface area contributed by atoms with E-state index < -0.39 is 0 Å². The summed E-state index contributed by atoms with van der Waals surface area (Å²) in [5.74, 6) is 0.278. The van der Waals surface area contributed by atoms with Gasteiger partial charge in [-0.25, -0.2) is 0 Å². The molecule has 0 heterocycles. The van der Waals surface area contributed by atoms with Crippen molar-refractivity contribution in [2.24, 2.45) is 0 Å². The van der Waals surface area contributed by atoms with Gasteiger partial charge in [-0.2, -0.15) is 0 Å². The fourth-order valence-electron chi connectivity index (χ4n) is 2.42. The summed E-state index contributed by atoms with van der Waals surface area (Å²) >= 11 is 0. The molecule has 112 valence electrons. The SMILES string of the molecule is Oc1ccc(-c2cccccccc(-c3ccccc3)c2)cc1. The molecule has 0 fully saturated rings. The van der Waals surface area contributed by atoms with Gasteiger partial charge in [-0.1, -0.05) is 84.9 Å². The highest BCUT2D eigenvalue weighted by Crippen LogP contribution is 2.25. The lowest BCUT2D eigenvalue weighted by Crippen LogP contribution is -1.78. The fraction of sp³-hybridized carbons (Fsp3) is 0. The number of rotatable bonds is 2. The second kappa shape index (κ2) is 7.28. The van der Waals surface area contributed by atoms with E-state index in [1.54, 1.807) is 12.1 Å². The van der Waals surface area contributed by atoms with E-state index in [4.69, 9.17) is 0 Å². The summed E-state index contributed by atoms with van der Waals surface area (Å²) in [5.41, 5.74) is 4.48. The zero-order chi connectivity index (χ0) is 15.9. The predicted molar refractivity (Wildman–Crippen MR) is 96.6 cm³/mol. The smallest absolute Gasteiger partial charge is 0.115 e. The van der Waals surface area contributed by atoms with Gasteiger partial charge >= 0.3 is 0 Å². The van der Waals surface area contributed by atoms with Crippen LogP contribution in [0.15, 0.2) is 103 Å². The van der Waals surface area contributed by atoms with E-state index >= 15 is 0 Å². The molecule has 23 heavy (non-hydrogen) atoms. The van der Waals surface area contributed by atoms with E-state index in [2.05, 4.69) is 30.3 Å². The molecule has 0 aliphatic heterocycles. The van der Waals surface area contributed by atoms with Gasteiger partial charge in [-0.15, -0.1) is 0 Å². The lowest BCUT2D eigenvalue weighted by atomic mass is 10.0. The molecule has 0 aliphatic carbocycles. The number of hydrogen-bond acceptors (Lipinski definition) is 1. The van der Waals surface area contributed by atoms with Crippen molar-refractivity contribution < 1.29 is 5.11 Å². The van der Waals surface area contributed by atoms with Gasteiger partial charge in [-0.05, 0) is 40.5 Å².